The van der Waals surface area contributed by atoms with E-state index in [0.717, 1.165) is 17.7 Å². The lowest BCUT2D eigenvalue weighted by Gasteiger charge is -2.08. The van der Waals surface area contributed by atoms with Gasteiger partial charge in [-0.3, -0.25) is 0 Å². The van der Waals surface area contributed by atoms with Crippen molar-refractivity contribution in [2.75, 3.05) is 5.32 Å². The van der Waals surface area contributed by atoms with E-state index < -0.39 is 12.1 Å². The maximum absolute atomic E-state index is 12.4. The molecule has 0 radical (unpaired) electrons. The second kappa shape index (κ2) is 7.64. The van der Waals surface area contributed by atoms with Gasteiger partial charge in [-0.15, -0.1) is 23.4 Å². The molecule has 1 heterocycles. The zero-order valence-corrected chi connectivity index (χ0v) is 15.7. The number of hydrogen-bond acceptors (Lipinski definition) is 4. The van der Waals surface area contributed by atoms with Crippen LogP contribution in [-0.2, 0) is 0 Å². The Morgan fingerprint density at radius 2 is 2.00 bits per heavy atom. The number of H-pyrrole nitrogens is 1. The Morgan fingerprint density at radius 3 is 2.71 bits per heavy atom. The minimum Gasteiger partial charge on any atom is -0.493 e. The van der Waals surface area contributed by atoms with Crippen LogP contribution in [0.5, 0.6) is 11.6 Å². The number of aromatic nitrogens is 1. The van der Waals surface area contributed by atoms with Gasteiger partial charge in [0.25, 0.3) is 0 Å². The third kappa shape index (κ3) is 4.70. The van der Waals surface area contributed by atoms with Crippen molar-refractivity contribution in [2.45, 2.75) is 13.3 Å². The van der Waals surface area contributed by atoms with E-state index in [-0.39, 0.29) is 22.1 Å². The van der Waals surface area contributed by atoms with Crippen LogP contribution in [0.3, 0.4) is 0 Å². The third-order valence-corrected chi connectivity index (χ3v) is 4.06. The molecule has 2 aromatic carbocycles. The summed E-state index contributed by atoms with van der Waals surface area (Å²) in [7, 11) is 0. The van der Waals surface area contributed by atoms with Gasteiger partial charge in [0.15, 0.2) is 5.69 Å². The number of azo groups is 1. The molecule has 0 bridgehead atoms. The van der Waals surface area contributed by atoms with Crippen molar-refractivity contribution >= 4 is 51.2 Å². The van der Waals surface area contributed by atoms with Gasteiger partial charge >= 0.3 is 6.36 Å². The third-order valence-electron chi connectivity index (χ3n) is 3.64. The summed E-state index contributed by atoms with van der Waals surface area (Å²) in [6, 6.07) is 8.69. The molecular weight excluding hydrogens is 417 g/mol. The Bertz CT molecular complexity index is 1080. The molecule has 0 unspecified atom stereocenters. The quantitative estimate of drug-likeness (QED) is 0.342. The Hall–Kier alpha value is -2.85. The first-order chi connectivity index (χ1) is 13.1. The van der Waals surface area contributed by atoms with Crippen LogP contribution in [0.15, 0.2) is 46.6 Å². The summed E-state index contributed by atoms with van der Waals surface area (Å²) in [4.78, 5) is 2.59. The van der Waals surface area contributed by atoms with E-state index in [4.69, 9.17) is 23.8 Å². The fourth-order valence-corrected chi connectivity index (χ4v) is 2.73. The molecule has 3 aromatic rings. The highest BCUT2D eigenvalue weighted by molar-refractivity contribution is 7.80. The van der Waals surface area contributed by atoms with Crippen molar-refractivity contribution in [2.24, 2.45) is 10.2 Å². The number of alkyl halides is 3. The van der Waals surface area contributed by atoms with Crippen molar-refractivity contribution in [3.63, 3.8) is 0 Å². The smallest absolute Gasteiger partial charge is 0.493 e. The van der Waals surface area contributed by atoms with Gasteiger partial charge in [-0.05, 0) is 55.0 Å². The second-order valence-electron chi connectivity index (χ2n) is 5.67. The second-order valence-corrected chi connectivity index (χ2v) is 6.49. The number of benzene rings is 2. The normalized spacial score (nSPS) is 11.9. The fraction of sp³-hybridized carbons (Fsp3) is 0.118. The maximum atomic E-state index is 12.4. The number of hydrogen-bond donors (Lipinski definition) is 3. The number of nitrogens with zero attached hydrogens (tertiary/aromatic N) is 2. The molecule has 0 saturated carbocycles. The van der Waals surface area contributed by atoms with Crippen LogP contribution in [0.2, 0.25) is 5.02 Å². The van der Waals surface area contributed by atoms with Gasteiger partial charge in [0.1, 0.15) is 5.75 Å². The molecule has 146 valence electrons. The van der Waals surface area contributed by atoms with Gasteiger partial charge in [0.05, 0.1) is 5.52 Å². The number of fused-ring (bicyclic) bond motifs is 1. The first-order valence-electron chi connectivity index (χ1n) is 7.72. The lowest BCUT2D eigenvalue weighted by Crippen LogP contribution is -2.16. The number of aromatic hydroxyl groups is 1. The molecule has 0 aliphatic heterocycles. The Balaban J connectivity index is 1.86. The highest BCUT2D eigenvalue weighted by Gasteiger charge is 2.31. The number of rotatable bonds is 3. The number of aromatic amines is 1. The number of nitrogens with one attached hydrogen (secondary N) is 2. The summed E-state index contributed by atoms with van der Waals surface area (Å²) in [5.74, 6) is -0.824. The molecule has 0 aliphatic rings. The Morgan fingerprint density at radius 1 is 1.25 bits per heavy atom. The van der Waals surface area contributed by atoms with Gasteiger partial charge in [0.2, 0.25) is 11.0 Å². The standard InChI is InChI=1S/C17H12ClF3N4O2S/c1-8-2-3-9(18)6-13(8)23-16(28)25-24-14-11-7-10(27-17(19,20)21)4-5-12(11)22-15(14)26/h2-7,22,26H,1H3,(H,23,28). The van der Waals surface area contributed by atoms with Gasteiger partial charge in [-0.2, -0.15) is 0 Å². The van der Waals surface area contributed by atoms with Gasteiger partial charge in [-0.25, -0.2) is 0 Å². The number of anilines is 1. The summed E-state index contributed by atoms with van der Waals surface area (Å²) >= 11 is 11.0. The molecule has 0 atom stereocenters. The largest absolute Gasteiger partial charge is 0.573 e. The van der Waals surface area contributed by atoms with Crippen molar-refractivity contribution in [1.82, 2.24) is 4.98 Å². The minimum absolute atomic E-state index is 0.0261. The first kappa shape index (κ1) is 19.9. The lowest BCUT2D eigenvalue weighted by molar-refractivity contribution is -0.274. The molecule has 0 saturated heterocycles. The van der Waals surface area contributed by atoms with E-state index in [0.29, 0.717) is 16.2 Å². The van der Waals surface area contributed by atoms with Crippen LogP contribution in [-0.4, -0.2) is 21.6 Å². The van der Waals surface area contributed by atoms with Crippen LogP contribution >= 0.6 is 23.8 Å². The number of thiocarbonyl (C=S) groups is 1. The van der Waals surface area contributed by atoms with E-state index in [2.05, 4.69) is 25.3 Å². The predicted molar refractivity (Wildman–Crippen MR) is 104 cm³/mol. The van der Waals surface area contributed by atoms with Crippen molar-refractivity contribution in [1.29, 1.82) is 0 Å². The van der Waals surface area contributed by atoms with Crippen molar-refractivity contribution in [3.05, 3.63) is 47.0 Å². The molecule has 0 spiro atoms. The molecule has 3 N–H and O–H groups in total. The summed E-state index contributed by atoms with van der Waals surface area (Å²) < 4.78 is 41.1. The SMILES string of the molecule is Cc1ccc(Cl)cc1NC(=S)N=Nc1c(O)[nH]c2ccc(OC(F)(F)F)cc12. The van der Waals surface area contributed by atoms with Crippen LogP contribution in [0, 0.1) is 6.92 Å². The maximum Gasteiger partial charge on any atom is 0.573 e. The Kier molecular flexibility index (Phi) is 5.43. The average molecular weight is 429 g/mol. The zero-order valence-electron chi connectivity index (χ0n) is 14.1. The zero-order chi connectivity index (χ0) is 20.5. The van der Waals surface area contributed by atoms with Crippen LogP contribution in [0.1, 0.15) is 5.56 Å². The summed E-state index contributed by atoms with van der Waals surface area (Å²) in [5.41, 5.74) is 1.77. The van der Waals surface area contributed by atoms with Crippen LogP contribution < -0.4 is 10.1 Å². The number of aryl methyl sites for hydroxylation is 1. The van der Waals surface area contributed by atoms with Crippen molar-refractivity contribution < 1.29 is 23.0 Å². The molecule has 0 amide bonds. The van der Waals surface area contributed by atoms with E-state index in [9.17, 15) is 18.3 Å². The minimum atomic E-state index is -4.84. The number of ether oxygens (including phenoxy) is 1. The van der Waals surface area contributed by atoms with E-state index in [1.54, 1.807) is 18.2 Å². The molecule has 11 heteroatoms. The Labute approximate surface area is 167 Å². The van der Waals surface area contributed by atoms with Crippen LogP contribution in [0.25, 0.3) is 10.9 Å². The van der Waals surface area contributed by atoms with Gasteiger partial charge < -0.3 is 20.1 Å². The van der Waals surface area contributed by atoms with Gasteiger partial charge in [-0.1, -0.05) is 17.7 Å². The average Bonchev–Trinajstić information content (AvgIpc) is 2.89. The molecule has 6 nitrogen and oxygen atoms in total. The summed E-state index contributed by atoms with van der Waals surface area (Å²) in [5, 5.41) is 21.1. The molecule has 0 fully saturated rings. The molecule has 1 aromatic heterocycles. The fourth-order valence-electron chi connectivity index (χ4n) is 2.41. The van der Waals surface area contributed by atoms with Gasteiger partial charge in [0, 0.05) is 16.1 Å². The molecule has 0 aliphatic carbocycles. The van der Waals surface area contributed by atoms with E-state index in [1.807, 2.05) is 6.92 Å². The highest BCUT2D eigenvalue weighted by Crippen LogP contribution is 2.38. The lowest BCUT2D eigenvalue weighted by atomic mass is 10.2. The molecule has 28 heavy (non-hydrogen) atoms. The monoisotopic (exact) mass is 428 g/mol. The topological polar surface area (TPSA) is 82.0 Å². The van der Waals surface area contributed by atoms with E-state index >= 15 is 0 Å². The van der Waals surface area contributed by atoms with Crippen molar-refractivity contribution in [3.8, 4) is 11.6 Å². The molecular formula is C17H12ClF3N4O2S. The number of halogens is 4. The molecule has 3 rings (SSSR count). The summed E-state index contributed by atoms with van der Waals surface area (Å²) in [6.45, 7) is 1.84. The first-order valence-corrected chi connectivity index (χ1v) is 8.50. The summed E-state index contributed by atoms with van der Waals surface area (Å²) in [6.07, 6.45) is -4.84. The highest BCUT2D eigenvalue weighted by atomic mass is 35.5. The van der Waals surface area contributed by atoms with E-state index in [1.165, 1.54) is 6.07 Å². The predicted octanol–water partition coefficient (Wildman–Crippen LogP) is 6.21. The van der Waals surface area contributed by atoms with Crippen LogP contribution in [0.4, 0.5) is 24.5 Å².